The van der Waals surface area contributed by atoms with E-state index in [9.17, 15) is 5.11 Å². The fourth-order valence-corrected chi connectivity index (χ4v) is 13.1. The molecule has 216 valence electrons. The molecule has 0 aromatic carbocycles. The lowest BCUT2D eigenvalue weighted by Crippen LogP contribution is -2.48. The van der Waals surface area contributed by atoms with Crippen LogP contribution < -0.4 is 0 Å². The Morgan fingerprint density at radius 3 is 2.00 bits per heavy atom. The number of aliphatic hydroxyl groups is 1. The highest BCUT2D eigenvalue weighted by Crippen LogP contribution is 2.48. The quantitative estimate of drug-likeness (QED) is 0.141. The Morgan fingerprint density at radius 1 is 1.05 bits per heavy atom. The van der Waals surface area contributed by atoms with Crippen LogP contribution in [0.25, 0.3) is 0 Å². The van der Waals surface area contributed by atoms with Gasteiger partial charge in [0.25, 0.3) is 0 Å². The van der Waals surface area contributed by atoms with Gasteiger partial charge in [-0.15, -0.1) is 0 Å². The summed E-state index contributed by atoms with van der Waals surface area (Å²) < 4.78 is 13.4. The van der Waals surface area contributed by atoms with Crippen molar-refractivity contribution in [2.75, 3.05) is 13.2 Å². The van der Waals surface area contributed by atoms with Gasteiger partial charge in [-0.05, 0) is 77.8 Å². The van der Waals surface area contributed by atoms with Crippen molar-refractivity contribution in [1.29, 1.82) is 0 Å². The van der Waals surface area contributed by atoms with E-state index in [2.05, 4.69) is 103 Å². The fraction of sp³-hybridized carbons (Fsp3) is 0.812. The average molecular weight is 551 g/mol. The van der Waals surface area contributed by atoms with Crippen LogP contribution in [0.2, 0.25) is 34.8 Å². The van der Waals surface area contributed by atoms with Crippen LogP contribution in [0.3, 0.4) is 0 Å². The topological polar surface area (TPSA) is 38.7 Å². The number of hydrogen-bond donors (Lipinski definition) is 1. The lowest BCUT2D eigenvalue weighted by molar-refractivity contribution is 0.0676. The zero-order valence-electron chi connectivity index (χ0n) is 27.0. The molecule has 0 saturated carbocycles. The van der Waals surface area contributed by atoms with Crippen LogP contribution >= 0.6 is 0 Å². The van der Waals surface area contributed by atoms with E-state index in [1.54, 1.807) is 0 Å². The third-order valence-corrected chi connectivity index (χ3v) is 20.5. The smallest absolute Gasteiger partial charge is 0.200 e. The molecule has 1 aliphatic rings. The Morgan fingerprint density at radius 2 is 1.57 bits per heavy atom. The molecule has 0 bridgehead atoms. The molecule has 5 heteroatoms. The van der Waals surface area contributed by atoms with E-state index in [1.165, 1.54) is 11.1 Å². The van der Waals surface area contributed by atoms with Crippen LogP contribution in [-0.2, 0) is 8.85 Å². The molecule has 2 atom stereocenters. The molecule has 0 fully saturated rings. The normalized spacial score (nSPS) is 20.8. The second kappa shape index (κ2) is 13.3. The van der Waals surface area contributed by atoms with E-state index in [4.69, 9.17) is 8.85 Å². The van der Waals surface area contributed by atoms with Crippen molar-refractivity contribution >= 4 is 16.6 Å². The van der Waals surface area contributed by atoms with E-state index in [0.717, 1.165) is 31.4 Å². The highest BCUT2D eigenvalue weighted by atomic mass is 28.4. The predicted octanol–water partition coefficient (Wildman–Crippen LogP) is 9.82. The van der Waals surface area contributed by atoms with Crippen LogP contribution in [0.4, 0.5) is 0 Å². The molecule has 0 spiro atoms. The second-order valence-corrected chi connectivity index (χ2v) is 24.8. The van der Waals surface area contributed by atoms with Gasteiger partial charge in [0.1, 0.15) is 0 Å². The summed E-state index contributed by atoms with van der Waals surface area (Å²) in [4.78, 5) is 0. The molecule has 0 aromatic heterocycles. The molecule has 1 aliphatic carbocycles. The predicted molar refractivity (Wildman–Crippen MR) is 168 cm³/mol. The minimum atomic E-state index is -1.98. The summed E-state index contributed by atoms with van der Waals surface area (Å²) in [6.07, 6.45) is 6.37. The molecule has 0 aliphatic heterocycles. The lowest BCUT2D eigenvalue weighted by atomic mass is 9.62. The summed E-state index contributed by atoms with van der Waals surface area (Å²) in [6, 6.07) is 0. The number of hydrogen-bond acceptors (Lipinski definition) is 3. The summed E-state index contributed by atoms with van der Waals surface area (Å²) >= 11 is 0. The molecule has 0 unspecified atom stereocenters. The van der Waals surface area contributed by atoms with Crippen molar-refractivity contribution < 1.29 is 14.0 Å². The monoisotopic (exact) mass is 550 g/mol. The van der Waals surface area contributed by atoms with E-state index >= 15 is 0 Å². The Bertz CT molecular complexity index is 791. The largest absolute Gasteiger partial charge is 0.417 e. The van der Waals surface area contributed by atoms with Crippen LogP contribution in [0.5, 0.6) is 0 Å². The van der Waals surface area contributed by atoms with E-state index in [-0.39, 0.29) is 16.4 Å². The number of rotatable bonds is 13. The summed E-state index contributed by atoms with van der Waals surface area (Å²) in [6.45, 7) is 37.7. The van der Waals surface area contributed by atoms with Crippen molar-refractivity contribution in [3.05, 3.63) is 35.5 Å². The molecule has 37 heavy (non-hydrogen) atoms. The van der Waals surface area contributed by atoms with E-state index < -0.39 is 22.7 Å². The highest BCUT2D eigenvalue weighted by Gasteiger charge is 2.45. The first-order valence-corrected chi connectivity index (χ1v) is 19.8. The summed E-state index contributed by atoms with van der Waals surface area (Å²) in [5.74, 6) is 0.163. The first-order valence-electron chi connectivity index (χ1n) is 14.7. The van der Waals surface area contributed by atoms with Gasteiger partial charge in [-0.1, -0.05) is 106 Å². The molecule has 1 N–H and O–H groups in total. The van der Waals surface area contributed by atoms with Gasteiger partial charge in [-0.3, -0.25) is 0 Å². The fourth-order valence-electron chi connectivity index (χ4n) is 6.63. The van der Waals surface area contributed by atoms with E-state index in [0.29, 0.717) is 23.2 Å². The minimum absolute atomic E-state index is 0.0888. The van der Waals surface area contributed by atoms with Crippen LogP contribution in [0.1, 0.15) is 102 Å². The lowest BCUT2D eigenvalue weighted by Gasteiger charge is -2.44. The zero-order valence-corrected chi connectivity index (χ0v) is 29.0. The highest BCUT2D eigenvalue weighted by molar-refractivity contribution is 6.77. The molecular weight excluding hydrogens is 489 g/mol. The third kappa shape index (κ3) is 8.03. The maximum atomic E-state index is 11.5. The van der Waals surface area contributed by atoms with Crippen molar-refractivity contribution in [2.24, 2.45) is 11.3 Å². The number of aliphatic hydroxyl groups excluding tert-OH is 1. The maximum Gasteiger partial charge on any atom is 0.200 e. The van der Waals surface area contributed by atoms with Gasteiger partial charge >= 0.3 is 0 Å². The molecule has 0 saturated heterocycles. The van der Waals surface area contributed by atoms with Crippen molar-refractivity contribution in [3.8, 4) is 0 Å². The van der Waals surface area contributed by atoms with Gasteiger partial charge in [0.05, 0.1) is 12.7 Å². The molecule has 3 nitrogen and oxygen atoms in total. The minimum Gasteiger partial charge on any atom is -0.417 e. The van der Waals surface area contributed by atoms with E-state index in [1.807, 2.05) is 12.2 Å². The van der Waals surface area contributed by atoms with Crippen molar-refractivity contribution in [2.45, 2.75) is 143 Å². The van der Waals surface area contributed by atoms with Crippen molar-refractivity contribution in [1.82, 2.24) is 0 Å². The number of allylic oxidation sites excluding steroid dienone is 1. The van der Waals surface area contributed by atoms with Gasteiger partial charge < -0.3 is 14.0 Å². The molecule has 0 aromatic rings. The SMILES string of the molecule is C=C/C(=C\[C@H](O)[C@@H]1CCC(C)=C(CCO[Si](C)(C)C(C)(C)C)C1(C)C)CO[Si](C(C)C)(C(C)C)C(C)C. The van der Waals surface area contributed by atoms with Gasteiger partial charge in [0, 0.05) is 6.61 Å². The van der Waals surface area contributed by atoms with Crippen LogP contribution in [0, 0.1) is 11.3 Å². The van der Waals surface area contributed by atoms with Crippen molar-refractivity contribution in [3.63, 3.8) is 0 Å². The average Bonchev–Trinajstić information content (AvgIpc) is 2.73. The molecule has 0 heterocycles. The van der Waals surface area contributed by atoms with Gasteiger partial charge in [-0.2, -0.15) is 0 Å². The Kier molecular flexibility index (Phi) is 12.4. The Balaban J connectivity index is 3.08. The van der Waals surface area contributed by atoms with Gasteiger partial charge in [0.15, 0.2) is 8.32 Å². The second-order valence-electron chi connectivity index (χ2n) is 14.5. The van der Waals surface area contributed by atoms with Crippen LogP contribution in [-0.4, -0.2) is 41.1 Å². The molecular formula is C32H62O3Si2. The first kappa shape index (κ1) is 34.6. The first-order chi connectivity index (χ1) is 16.8. The summed E-state index contributed by atoms with van der Waals surface area (Å²) in [7, 11) is -3.75. The summed E-state index contributed by atoms with van der Waals surface area (Å²) in [5, 5.41) is 11.7. The standard InChI is InChI=1S/C32H62O3Si2/c1-16-27(22-35-37(23(2)3,24(4)5)25(6)7)21-30(33)29-18-17-26(8)28(32(29,12)13)19-20-34-36(14,15)31(9,10)11/h16,21,23-25,29-30,33H,1,17-20,22H2,2-15H3/b27-21+/t29-,30-/m0/s1. The van der Waals surface area contributed by atoms with Gasteiger partial charge in [0.2, 0.25) is 8.32 Å². The molecule has 0 radical (unpaired) electrons. The summed E-state index contributed by atoms with van der Waals surface area (Å²) in [5.41, 5.74) is 5.47. The molecule has 0 amide bonds. The molecule has 1 rings (SSSR count). The zero-order chi connectivity index (χ0) is 29.0. The maximum absolute atomic E-state index is 11.5. The third-order valence-electron chi connectivity index (χ3n) is 9.93. The van der Waals surface area contributed by atoms with Crippen LogP contribution in [0.15, 0.2) is 35.5 Å². The Hall–Kier alpha value is -0.466. The van der Waals surface area contributed by atoms with Gasteiger partial charge in [-0.25, -0.2) is 0 Å². The Labute approximate surface area is 233 Å².